The van der Waals surface area contributed by atoms with E-state index < -0.39 is 11.3 Å². The summed E-state index contributed by atoms with van der Waals surface area (Å²) in [5, 5.41) is 5.03. The van der Waals surface area contributed by atoms with Crippen molar-refractivity contribution in [3.05, 3.63) is 11.4 Å². The number of aryl methyl sites for hydroxylation is 1. The van der Waals surface area contributed by atoms with Crippen LogP contribution in [0, 0.1) is 13.8 Å². The molecular weight excluding hydrogens is 316 g/mol. The van der Waals surface area contributed by atoms with Gasteiger partial charge in [0.05, 0.1) is 23.6 Å². The minimum atomic E-state index is -0.502. The molecule has 1 fully saturated rings. The van der Waals surface area contributed by atoms with Crippen molar-refractivity contribution in [3.8, 4) is 0 Å². The fourth-order valence-electron chi connectivity index (χ4n) is 2.41. The van der Waals surface area contributed by atoms with Crippen LogP contribution in [-0.4, -0.2) is 46.5 Å². The van der Waals surface area contributed by atoms with E-state index in [1.165, 1.54) is 18.8 Å². The first-order chi connectivity index (χ1) is 10.9. The molecule has 2 atom stereocenters. The molecule has 0 bridgehead atoms. The van der Waals surface area contributed by atoms with Gasteiger partial charge < -0.3 is 14.6 Å². The van der Waals surface area contributed by atoms with Crippen LogP contribution in [0.3, 0.4) is 0 Å². The van der Waals surface area contributed by atoms with E-state index in [2.05, 4.69) is 20.2 Å². The van der Waals surface area contributed by atoms with Crippen LogP contribution in [0.2, 0.25) is 0 Å². The Hall–Kier alpha value is -1.54. The highest BCUT2D eigenvalue weighted by Gasteiger charge is 2.23. The van der Waals surface area contributed by atoms with E-state index in [9.17, 15) is 9.59 Å². The second-order valence-corrected chi connectivity index (χ2v) is 6.95. The molecule has 2 rings (SSSR count). The predicted octanol–water partition coefficient (Wildman–Crippen LogP) is 1.62. The Morgan fingerprint density at radius 1 is 1.48 bits per heavy atom. The number of ether oxygens (including phenoxy) is 1. The van der Waals surface area contributed by atoms with E-state index in [1.54, 1.807) is 6.92 Å². The van der Waals surface area contributed by atoms with Crippen LogP contribution in [0.4, 0.5) is 4.79 Å². The second-order valence-electron chi connectivity index (χ2n) is 5.64. The number of thioether (sulfide) groups is 1. The third-order valence-electron chi connectivity index (χ3n) is 3.95. The zero-order valence-corrected chi connectivity index (χ0v) is 14.8. The van der Waals surface area contributed by atoms with Crippen LogP contribution in [0.1, 0.15) is 31.2 Å². The van der Waals surface area contributed by atoms with Crippen LogP contribution in [0.5, 0.6) is 0 Å². The summed E-state index contributed by atoms with van der Waals surface area (Å²) in [6.07, 6.45) is 2.34. The summed E-state index contributed by atoms with van der Waals surface area (Å²) in [5.74, 6) is -0.337. The third-order valence-corrected chi connectivity index (χ3v) is 5.04. The van der Waals surface area contributed by atoms with Gasteiger partial charge in [0, 0.05) is 19.3 Å². The molecule has 1 aromatic rings. The number of amides is 3. The number of rotatable bonds is 5. The van der Waals surface area contributed by atoms with Gasteiger partial charge in [-0.25, -0.2) is 9.78 Å². The minimum absolute atomic E-state index is 0.205. The molecule has 0 radical (unpaired) electrons. The fourth-order valence-corrected chi connectivity index (χ4v) is 3.42. The average Bonchev–Trinajstić information content (AvgIpc) is 3.11. The number of hydrogen-bond acceptors (Lipinski definition) is 5. The molecule has 23 heavy (non-hydrogen) atoms. The Morgan fingerprint density at radius 2 is 2.22 bits per heavy atom. The number of imidazole rings is 1. The summed E-state index contributed by atoms with van der Waals surface area (Å²) >= 11 is 1.35. The molecule has 0 spiro atoms. The first-order valence-electron chi connectivity index (χ1n) is 7.77. The van der Waals surface area contributed by atoms with Crippen LogP contribution >= 0.6 is 11.8 Å². The highest BCUT2D eigenvalue weighted by Crippen LogP contribution is 2.27. The summed E-state index contributed by atoms with van der Waals surface area (Å²) in [6.45, 7) is 7.31. The quantitative estimate of drug-likeness (QED) is 0.796. The van der Waals surface area contributed by atoms with Gasteiger partial charge in [-0.1, -0.05) is 11.8 Å². The van der Waals surface area contributed by atoms with Gasteiger partial charge in [-0.2, -0.15) is 0 Å². The number of nitrogens with one attached hydrogen (secondary N) is 2. The molecule has 2 N–H and O–H groups in total. The van der Waals surface area contributed by atoms with Gasteiger partial charge in [-0.15, -0.1) is 0 Å². The lowest BCUT2D eigenvalue weighted by Crippen LogP contribution is -2.41. The molecule has 8 heteroatoms. The average molecular weight is 340 g/mol. The van der Waals surface area contributed by atoms with Gasteiger partial charge >= 0.3 is 6.03 Å². The number of urea groups is 1. The molecule has 1 aromatic heterocycles. The van der Waals surface area contributed by atoms with Crippen molar-refractivity contribution in [2.45, 2.75) is 56.7 Å². The Morgan fingerprint density at radius 3 is 2.83 bits per heavy atom. The molecule has 1 aliphatic heterocycles. The third kappa shape index (κ3) is 4.48. The van der Waals surface area contributed by atoms with Gasteiger partial charge in [0.2, 0.25) is 5.91 Å². The van der Waals surface area contributed by atoms with Crippen molar-refractivity contribution in [2.24, 2.45) is 0 Å². The van der Waals surface area contributed by atoms with E-state index in [0.717, 1.165) is 42.5 Å². The second kappa shape index (κ2) is 7.83. The highest BCUT2D eigenvalue weighted by molar-refractivity contribution is 8.00. The Labute approximate surface area is 140 Å². The lowest BCUT2D eigenvalue weighted by molar-refractivity contribution is -0.119. The van der Waals surface area contributed by atoms with Crippen molar-refractivity contribution in [2.75, 3.05) is 13.7 Å². The predicted molar refractivity (Wildman–Crippen MR) is 88.6 cm³/mol. The van der Waals surface area contributed by atoms with Gasteiger partial charge in [-0.3, -0.25) is 10.1 Å². The smallest absolute Gasteiger partial charge is 0.321 e. The number of carbonyl (C=O) groups is 2. The lowest BCUT2D eigenvalue weighted by atomic mass is 10.2. The van der Waals surface area contributed by atoms with Crippen LogP contribution in [0.25, 0.3) is 0 Å². The van der Waals surface area contributed by atoms with Gasteiger partial charge in [0.1, 0.15) is 0 Å². The van der Waals surface area contributed by atoms with Gasteiger partial charge in [0.15, 0.2) is 5.16 Å². The Kier molecular flexibility index (Phi) is 6.06. The van der Waals surface area contributed by atoms with E-state index in [-0.39, 0.29) is 12.0 Å². The molecule has 3 amide bonds. The number of hydrogen-bond donors (Lipinski definition) is 2. The minimum Gasteiger partial charge on any atom is -0.376 e. The molecule has 128 valence electrons. The lowest BCUT2D eigenvalue weighted by Gasteiger charge is -2.16. The molecule has 2 heterocycles. The summed E-state index contributed by atoms with van der Waals surface area (Å²) in [6, 6.07) is -0.502. The summed E-state index contributed by atoms with van der Waals surface area (Å²) in [5.41, 5.74) is 2.03. The van der Waals surface area contributed by atoms with Crippen molar-refractivity contribution in [1.82, 2.24) is 20.2 Å². The molecule has 0 aromatic carbocycles. The molecule has 7 nitrogen and oxygen atoms in total. The number of aromatic nitrogens is 2. The van der Waals surface area contributed by atoms with E-state index in [4.69, 9.17) is 4.74 Å². The van der Waals surface area contributed by atoms with Crippen molar-refractivity contribution in [1.29, 1.82) is 0 Å². The maximum atomic E-state index is 12.0. The standard InChI is InChI=1S/C15H24N4O3S/c1-9-10(2)19(8-12-6-5-7-22-12)15(17-9)23-11(3)13(20)18-14(21)16-4/h11-12H,5-8H2,1-4H3,(H2,16,18,20,21)/t11-,12-/m1/s1. The first kappa shape index (κ1) is 17.8. The SMILES string of the molecule is CNC(=O)NC(=O)[C@@H](C)Sc1nc(C)c(C)n1C[C@H]1CCCO1. The fraction of sp³-hybridized carbons (Fsp3) is 0.667. The Bertz CT molecular complexity index is 582. The maximum absolute atomic E-state index is 12.0. The van der Waals surface area contributed by atoms with Crippen LogP contribution in [-0.2, 0) is 16.1 Å². The van der Waals surface area contributed by atoms with E-state index in [1.807, 2.05) is 13.8 Å². The van der Waals surface area contributed by atoms with Crippen molar-refractivity contribution < 1.29 is 14.3 Å². The molecule has 0 aliphatic carbocycles. The van der Waals surface area contributed by atoms with E-state index in [0.29, 0.717) is 0 Å². The summed E-state index contributed by atoms with van der Waals surface area (Å²) < 4.78 is 7.82. The number of carbonyl (C=O) groups excluding carboxylic acids is 2. The van der Waals surface area contributed by atoms with Crippen molar-refractivity contribution >= 4 is 23.7 Å². The van der Waals surface area contributed by atoms with Crippen molar-refractivity contribution in [3.63, 3.8) is 0 Å². The zero-order chi connectivity index (χ0) is 17.0. The van der Waals surface area contributed by atoms with E-state index >= 15 is 0 Å². The molecule has 0 saturated carbocycles. The monoisotopic (exact) mass is 340 g/mol. The largest absolute Gasteiger partial charge is 0.376 e. The summed E-state index contributed by atoms with van der Waals surface area (Å²) in [7, 11) is 1.47. The highest BCUT2D eigenvalue weighted by atomic mass is 32.2. The molecule has 1 aliphatic rings. The Balaban J connectivity index is 2.07. The molecule has 1 saturated heterocycles. The normalized spacial score (nSPS) is 18.7. The molecule has 0 unspecified atom stereocenters. The van der Waals surface area contributed by atoms with Gasteiger partial charge in [0.25, 0.3) is 0 Å². The number of nitrogens with zero attached hydrogens (tertiary/aromatic N) is 2. The number of imide groups is 1. The first-order valence-corrected chi connectivity index (χ1v) is 8.65. The summed E-state index contributed by atoms with van der Waals surface area (Å²) in [4.78, 5) is 27.8. The van der Waals surface area contributed by atoms with Crippen LogP contribution < -0.4 is 10.6 Å². The zero-order valence-electron chi connectivity index (χ0n) is 14.0. The topological polar surface area (TPSA) is 85.3 Å². The van der Waals surface area contributed by atoms with Crippen LogP contribution in [0.15, 0.2) is 5.16 Å². The maximum Gasteiger partial charge on any atom is 0.321 e. The van der Waals surface area contributed by atoms with Gasteiger partial charge in [-0.05, 0) is 33.6 Å². The molecular formula is C15H24N4O3S.